The fourth-order valence-corrected chi connectivity index (χ4v) is 2.82. The Hall–Kier alpha value is -1.86. The van der Waals surface area contributed by atoms with Gasteiger partial charge in [0.05, 0.1) is 15.9 Å². The second kappa shape index (κ2) is 5.40. The Balaban J connectivity index is 2.19. The molecule has 22 heavy (non-hydrogen) atoms. The lowest BCUT2D eigenvalue weighted by atomic mass is 10.0. The van der Waals surface area contributed by atoms with Gasteiger partial charge in [0.15, 0.2) is 23.1 Å². The molecule has 0 radical (unpaired) electrons. The van der Waals surface area contributed by atoms with Crippen LogP contribution >= 0.6 is 15.9 Å². The van der Waals surface area contributed by atoms with Crippen molar-refractivity contribution in [3.05, 3.63) is 69.3 Å². The molecular weight excluding hydrogens is 361 g/mol. The van der Waals surface area contributed by atoms with Gasteiger partial charge in [-0.1, -0.05) is 0 Å². The molecule has 114 valence electrons. The molecule has 1 unspecified atom stereocenters. The molecule has 3 rings (SSSR count). The van der Waals surface area contributed by atoms with E-state index in [9.17, 15) is 18.3 Å². The third kappa shape index (κ3) is 2.30. The Morgan fingerprint density at radius 2 is 1.86 bits per heavy atom. The normalized spacial score (nSPS) is 12.8. The van der Waals surface area contributed by atoms with Crippen molar-refractivity contribution in [2.75, 3.05) is 0 Å². The number of benzene rings is 1. The van der Waals surface area contributed by atoms with Crippen molar-refractivity contribution in [2.45, 2.75) is 13.0 Å². The molecular formula is C15H10BrF3N2O. The van der Waals surface area contributed by atoms with Gasteiger partial charge in [0.2, 0.25) is 0 Å². The maximum absolute atomic E-state index is 13.4. The van der Waals surface area contributed by atoms with E-state index in [0.29, 0.717) is 21.5 Å². The van der Waals surface area contributed by atoms with Gasteiger partial charge in [0, 0.05) is 6.20 Å². The summed E-state index contributed by atoms with van der Waals surface area (Å²) in [5.41, 5.74) is 1.35. The fraction of sp³-hybridized carbons (Fsp3) is 0.133. The van der Waals surface area contributed by atoms with Crippen LogP contribution in [0.2, 0.25) is 0 Å². The summed E-state index contributed by atoms with van der Waals surface area (Å²) in [5.74, 6) is -4.25. The molecule has 1 aromatic carbocycles. The Morgan fingerprint density at radius 1 is 1.23 bits per heavy atom. The minimum atomic E-state index is -1.56. The van der Waals surface area contributed by atoms with Crippen LogP contribution in [0.5, 0.6) is 0 Å². The van der Waals surface area contributed by atoms with Gasteiger partial charge in [-0.2, -0.15) is 0 Å². The first-order valence-electron chi connectivity index (χ1n) is 6.35. The third-order valence-corrected chi connectivity index (χ3v) is 4.02. The molecule has 0 bridgehead atoms. The van der Waals surface area contributed by atoms with Crippen LogP contribution in [0.3, 0.4) is 0 Å². The van der Waals surface area contributed by atoms with Gasteiger partial charge in [-0.3, -0.25) is 4.40 Å². The van der Waals surface area contributed by atoms with Crippen molar-refractivity contribution in [1.82, 2.24) is 9.38 Å². The zero-order chi connectivity index (χ0) is 16.0. The van der Waals surface area contributed by atoms with Crippen LogP contribution in [0.4, 0.5) is 13.2 Å². The molecule has 0 saturated heterocycles. The molecule has 7 heteroatoms. The highest BCUT2D eigenvalue weighted by molar-refractivity contribution is 9.10. The highest BCUT2D eigenvalue weighted by Crippen LogP contribution is 2.29. The van der Waals surface area contributed by atoms with E-state index in [1.165, 1.54) is 0 Å². The topological polar surface area (TPSA) is 37.5 Å². The van der Waals surface area contributed by atoms with Gasteiger partial charge >= 0.3 is 0 Å². The molecule has 1 N–H and O–H groups in total. The predicted molar refractivity (Wildman–Crippen MR) is 78.0 cm³/mol. The van der Waals surface area contributed by atoms with Crippen molar-refractivity contribution in [2.24, 2.45) is 0 Å². The number of hydrogen-bond acceptors (Lipinski definition) is 2. The van der Waals surface area contributed by atoms with Crippen LogP contribution in [0.15, 0.2) is 34.9 Å². The third-order valence-electron chi connectivity index (χ3n) is 3.40. The molecule has 0 saturated carbocycles. The van der Waals surface area contributed by atoms with Crippen LogP contribution in [0.25, 0.3) is 5.65 Å². The second-order valence-corrected chi connectivity index (χ2v) is 5.69. The van der Waals surface area contributed by atoms with Gasteiger partial charge in [0.1, 0.15) is 6.10 Å². The van der Waals surface area contributed by atoms with E-state index < -0.39 is 23.6 Å². The number of aliphatic hydroxyl groups is 1. The van der Waals surface area contributed by atoms with Crippen LogP contribution in [0.1, 0.15) is 23.1 Å². The average molecular weight is 371 g/mol. The number of nitrogens with zero attached hydrogens (tertiary/aromatic N) is 2. The molecule has 2 heterocycles. The molecule has 0 fully saturated rings. The van der Waals surface area contributed by atoms with Crippen molar-refractivity contribution in [3.63, 3.8) is 0 Å². The van der Waals surface area contributed by atoms with Crippen LogP contribution < -0.4 is 0 Å². The first-order valence-corrected chi connectivity index (χ1v) is 7.15. The monoisotopic (exact) mass is 370 g/mol. The zero-order valence-electron chi connectivity index (χ0n) is 11.3. The van der Waals surface area contributed by atoms with Gasteiger partial charge in [0.25, 0.3) is 0 Å². The van der Waals surface area contributed by atoms with Gasteiger partial charge in [-0.05, 0) is 52.7 Å². The lowest BCUT2D eigenvalue weighted by Crippen LogP contribution is -2.07. The second-order valence-electron chi connectivity index (χ2n) is 4.83. The lowest BCUT2D eigenvalue weighted by molar-refractivity contribution is 0.212. The molecule has 0 aliphatic rings. The predicted octanol–water partition coefficient (Wildman–Crippen LogP) is 3.90. The summed E-state index contributed by atoms with van der Waals surface area (Å²) < 4.78 is 42.1. The van der Waals surface area contributed by atoms with Gasteiger partial charge in [-0.15, -0.1) is 0 Å². The minimum absolute atomic E-state index is 0.0822. The van der Waals surface area contributed by atoms with Crippen LogP contribution in [-0.2, 0) is 0 Å². The van der Waals surface area contributed by atoms with Gasteiger partial charge in [-0.25, -0.2) is 18.2 Å². The number of hydrogen-bond donors (Lipinski definition) is 1. The molecule has 3 aromatic rings. The van der Waals surface area contributed by atoms with Crippen molar-refractivity contribution >= 4 is 21.6 Å². The highest BCUT2D eigenvalue weighted by atomic mass is 79.9. The van der Waals surface area contributed by atoms with E-state index in [1.807, 2.05) is 0 Å². The molecule has 0 spiro atoms. The Kier molecular flexibility index (Phi) is 3.70. The summed E-state index contributed by atoms with van der Waals surface area (Å²) in [6, 6.07) is 5.08. The Bertz CT molecular complexity index is 856. The van der Waals surface area contributed by atoms with E-state index in [-0.39, 0.29) is 5.56 Å². The number of pyridine rings is 1. The SMILES string of the molecule is Cc1nc2c(Br)cccn2c1C(O)c1cc(F)c(F)c(F)c1. The molecule has 1 atom stereocenters. The maximum atomic E-state index is 13.4. The van der Waals surface area contributed by atoms with Crippen molar-refractivity contribution < 1.29 is 18.3 Å². The first kappa shape index (κ1) is 15.1. The number of rotatable bonds is 2. The largest absolute Gasteiger partial charge is 0.382 e. The molecule has 2 aromatic heterocycles. The Labute approximate surface area is 132 Å². The number of fused-ring (bicyclic) bond motifs is 1. The van der Waals surface area contributed by atoms with Crippen LogP contribution in [0, 0.1) is 24.4 Å². The van der Waals surface area contributed by atoms with Crippen LogP contribution in [-0.4, -0.2) is 14.5 Å². The highest BCUT2D eigenvalue weighted by Gasteiger charge is 2.22. The zero-order valence-corrected chi connectivity index (χ0v) is 12.9. The number of aryl methyl sites for hydroxylation is 1. The smallest absolute Gasteiger partial charge is 0.194 e. The molecule has 3 nitrogen and oxygen atoms in total. The molecule has 0 aliphatic carbocycles. The molecule has 0 amide bonds. The Morgan fingerprint density at radius 3 is 2.50 bits per heavy atom. The summed E-state index contributed by atoms with van der Waals surface area (Å²) in [4.78, 5) is 4.32. The van der Waals surface area contributed by atoms with E-state index in [2.05, 4.69) is 20.9 Å². The number of aromatic nitrogens is 2. The van der Waals surface area contributed by atoms with E-state index in [0.717, 1.165) is 12.1 Å². The fourth-order valence-electron chi connectivity index (χ4n) is 2.39. The standard InChI is InChI=1S/C15H10BrF3N2O/c1-7-13(21-4-2-3-9(16)15(21)20-7)14(22)8-5-10(17)12(19)11(18)6-8/h2-6,14,22H,1H3. The van der Waals surface area contributed by atoms with E-state index >= 15 is 0 Å². The quantitative estimate of drug-likeness (QED) is 0.694. The summed E-state index contributed by atoms with van der Waals surface area (Å²) >= 11 is 3.35. The van der Waals surface area contributed by atoms with E-state index in [4.69, 9.17) is 0 Å². The summed E-state index contributed by atoms with van der Waals surface area (Å²) in [6.07, 6.45) is 0.336. The number of aliphatic hydroxyl groups excluding tert-OH is 1. The van der Waals surface area contributed by atoms with Crippen molar-refractivity contribution in [1.29, 1.82) is 0 Å². The first-order chi connectivity index (χ1) is 10.4. The summed E-state index contributed by atoms with van der Waals surface area (Å²) in [5, 5.41) is 10.5. The van der Waals surface area contributed by atoms with E-state index in [1.54, 1.807) is 29.7 Å². The average Bonchev–Trinajstić information content (AvgIpc) is 2.81. The summed E-state index contributed by atoms with van der Waals surface area (Å²) in [6.45, 7) is 1.67. The number of imidazole rings is 1. The minimum Gasteiger partial charge on any atom is -0.382 e. The number of halogens is 4. The molecule has 0 aliphatic heterocycles. The van der Waals surface area contributed by atoms with Crippen molar-refractivity contribution in [3.8, 4) is 0 Å². The lowest BCUT2D eigenvalue weighted by Gasteiger charge is -2.13. The summed E-state index contributed by atoms with van der Waals surface area (Å²) in [7, 11) is 0. The maximum Gasteiger partial charge on any atom is 0.194 e. The van der Waals surface area contributed by atoms with Gasteiger partial charge < -0.3 is 5.11 Å².